The smallest absolute Gasteiger partial charge is 0.119 e. The van der Waals surface area contributed by atoms with Crippen molar-refractivity contribution >= 4 is 24.8 Å². The predicted octanol–water partition coefficient (Wildman–Crippen LogP) is 3.92. The number of ether oxygens (including phenoxy) is 1. The lowest BCUT2D eigenvalue weighted by Gasteiger charge is -2.38. The number of piperazine rings is 1. The van der Waals surface area contributed by atoms with Crippen molar-refractivity contribution in [1.29, 1.82) is 0 Å². The Bertz CT molecular complexity index is 411. The fraction of sp³-hybridized carbons (Fsp3) is 0.647. The lowest BCUT2D eigenvalue weighted by Crippen LogP contribution is -2.46. The molecule has 1 unspecified atom stereocenters. The Morgan fingerprint density at radius 1 is 1.18 bits per heavy atom. The third-order valence-electron chi connectivity index (χ3n) is 4.24. The normalized spacial score (nSPS) is 17.8. The summed E-state index contributed by atoms with van der Waals surface area (Å²) in [5.41, 5.74) is 1.40. The maximum absolute atomic E-state index is 5.67. The molecule has 0 amide bonds. The molecular weight excluding hydrogens is 319 g/mol. The topological polar surface area (TPSA) is 24.5 Å². The maximum Gasteiger partial charge on any atom is 0.119 e. The van der Waals surface area contributed by atoms with Crippen LogP contribution < -0.4 is 10.1 Å². The van der Waals surface area contributed by atoms with Crippen molar-refractivity contribution < 1.29 is 4.74 Å². The zero-order valence-electron chi connectivity index (χ0n) is 13.9. The largest absolute Gasteiger partial charge is 0.494 e. The first-order valence-corrected chi connectivity index (χ1v) is 7.93. The van der Waals surface area contributed by atoms with Crippen LogP contribution >= 0.6 is 24.8 Å². The van der Waals surface area contributed by atoms with E-state index in [-0.39, 0.29) is 24.8 Å². The molecule has 1 N–H and O–H groups in total. The molecule has 0 aromatic heterocycles. The van der Waals surface area contributed by atoms with Crippen molar-refractivity contribution in [1.82, 2.24) is 10.2 Å². The fourth-order valence-electron chi connectivity index (χ4n) is 3.04. The number of hydrogen-bond donors (Lipinski definition) is 1. The fourth-order valence-corrected chi connectivity index (χ4v) is 3.04. The van der Waals surface area contributed by atoms with Crippen molar-refractivity contribution in [3.05, 3.63) is 29.8 Å². The molecule has 1 saturated heterocycles. The van der Waals surface area contributed by atoms with E-state index in [1.165, 1.54) is 12.0 Å². The maximum atomic E-state index is 5.67. The second-order valence-corrected chi connectivity index (χ2v) is 5.62. The molecule has 5 heteroatoms. The zero-order chi connectivity index (χ0) is 14.4. The summed E-state index contributed by atoms with van der Waals surface area (Å²) >= 11 is 0. The Labute approximate surface area is 147 Å². The van der Waals surface area contributed by atoms with E-state index in [0.717, 1.165) is 38.5 Å². The average Bonchev–Trinajstić information content (AvgIpc) is 2.49. The molecule has 1 aliphatic rings. The molecule has 0 radical (unpaired) electrons. The highest BCUT2D eigenvalue weighted by molar-refractivity contribution is 5.85. The van der Waals surface area contributed by atoms with E-state index in [1.807, 2.05) is 6.92 Å². The van der Waals surface area contributed by atoms with Crippen molar-refractivity contribution in [2.75, 3.05) is 32.8 Å². The molecule has 0 bridgehead atoms. The third kappa shape index (κ3) is 5.62. The van der Waals surface area contributed by atoms with Gasteiger partial charge in [-0.15, -0.1) is 24.8 Å². The minimum atomic E-state index is 0. The van der Waals surface area contributed by atoms with Crippen LogP contribution in [0.1, 0.15) is 38.8 Å². The van der Waals surface area contributed by atoms with Crippen molar-refractivity contribution in [3.8, 4) is 5.75 Å². The van der Waals surface area contributed by atoms with Crippen LogP contribution in [0.25, 0.3) is 0 Å². The van der Waals surface area contributed by atoms with Crippen LogP contribution in [0, 0.1) is 5.92 Å². The van der Waals surface area contributed by atoms with Gasteiger partial charge in [0.25, 0.3) is 0 Å². The van der Waals surface area contributed by atoms with Crippen LogP contribution in [-0.4, -0.2) is 37.7 Å². The Morgan fingerprint density at radius 3 is 2.45 bits per heavy atom. The monoisotopic (exact) mass is 348 g/mol. The first kappa shape index (κ1) is 21.5. The highest BCUT2D eigenvalue weighted by Crippen LogP contribution is 2.32. The highest BCUT2D eigenvalue weighted by atomic mass is 35.5. The van der Waals surface area contributed by atoms with E-state index in [9.17, 15) is 0 Å². The van der Waals surface area contributed by atoms with Crippen LogP contribution in [-0.2, 0) is 0 Å². The summed E-state index contributed by atoms with van der Waals surface area (Å²) < 4.78 is 5.67. The van der Waals surface area contributed by atoms with E-state index >= 15 is 0 Å². The van der Waals surface area contributed by atoms with Gasteiger partial charge in [0, 0.05) is 32.2 Å². The summed E-state index contributed by atoms with van der Waals surface area (Å²) in [6, 6.07) is 9.16. The first-order valence-electron chi connectivity index (χ1n) is 7.93. The summed E-state index contributed by atoms with van der Waals surface area (Å²) in [5, 5.41) is 3.44. The molecule has 22 heavy (non-hydrogen) atoms. The Balaban J connectivity index is 0.00000220. The van der Waals surface area contributed by atoms with Gasteiger partial charge in [-0.05, 0) is 30.5 Å². The van der Waals surface area contributed by atoms with E-state index in [4.69, 9.17) is 4.74 Å². The molecule has 128 valence electrons. The summed E-state index contributed by atoms with van der Waals surface area (Å²) in [6.45, 7) is 11.9. The van der Waals surface area contributed by atoms with E-state index in [0.29, 0.717) is 12.0 Å². The summed E-state index contributed by atoms with van der Waals surface area (Å²) in [7, 11) is 0. The van der Waals surface area contributed by atoms with E-state index in [2.05, 4.69) is 48.3 Å². The summed E-state index contributed by atoms with van der Waals surface area (Å²) in [5.74, 6) is 1.65. The number of benzene rings is 1. The predicted molar refractivity (Wildman–Crippen MR) is 98.7 cm³/mol. The van der Waals surface area contributed by atoms with E-state index < -0.39 is 0 Å². The minimum absolute atomic E-state index is 0. The number of nitrogens with one attached hydrogen (secondary N) is 1. The molecule has 1 fully saturated rings. The quantitative estimate of drug-likeness (QED) is 0.842. The van der Waals surface area contributed by atoms with Crippen LogP contribution in [0.15, 0.2) is 24.3 Å². The summed E-state index contributed by atoms with van der Waals surface area (Å²) in [4.78, 5) is 2.62. The summed E-state index contributed by atoms with van der Waals surface area (Å²) in [6.07, 6.45) is 1.20. The molecule has 2 atom stereocenters. The van der Waals surface area contributed by atoms with Crippen LogP contribution in [0.2, 0.25) is 0 Å². The van der Waals surface area contributed by atoms with Gasteiger partial charge in [0.05, 0.1) is 6.61 Å². The van der Waals surface area contributed by atoms with Crippen molar-refractivity contribution in [2.45, 2.75) is 33.2 Å². The van der Waals surface area contributed by atoms with Gasteiger partial charge in [0.15, 0.2) is 0 Å². The molecule has 3 nitrogen and oxygen atoms in total. The molecule has 1 aliphatic heterocycles. The lowest BCUT2D eigenvalue weighted by molar-refractivity contribution is 0.128. The molecule has 2 rings (SSSR count). The second-order valence-electron chi connectivity index (χ2n) is 5.62. The average molecular weight is 349 g/mol. The first-order chi connectivity index (χ1) is 9.76. The molecule has 1 heterocycles. The SMILES string of the molecule is CCOc1cccc([C@H](C(C)CC)N2CCNCC2)c1.Cl.Cl. The second kappa shape index (κ2) is 11.1. The van der Waals surface area contributed by atoms with Gasteiger partial charge in [-0.1, -0.05) is 32.4 Å². The standard InChI is InChI=1S/C17H28N2O.2ClH/c1-4-14(3)17(19-11-9-18-10-12-19)15-7-6-8-16(13-15)20-5-2;;/h6-8,13-14,17-18H,4-5,9-12H2,1-3H3;2*1H/t14?,17-;;/m0../s1. The Kier molecular flexibility index (Phi) is 10.9. The van der Waals surface area contributed by atoms with Gasteiger partial charge < -0.3 is 10.1 Å². The van der Waals surface area contributed by atoms with Crippen LogP contribution in [0.5, 0.6) is 5.75 Å². The van der Waals surface area contributed by atoms with Crippen LogP contribution in [0.3, 0.4) is 0 Å². The minimum Gasteiger partial charge on any atom is -0.494 e. The van der Waals surface area contributed by atoms with Gasteiger partial charge in [-0.2, -0.15) is 0 Å². The molecule has 0 saturated carbocycles. The number of nitrogens with zero attached hydrogens (tertiary/aromatic N) is 1. The third-order valence-corrected chi connectivity index (χ3v) is 4.24. The van der Waals surface area contributed by atoms with Gasteiger partial charge in [-0.25, -0.2) is 0 Å². The van der Waals surface area contributed by atoms with Crippen molar-refractivity contribution in [2.24, 2.45) is 5.92 Å². The Hall–Kier alpha value is -0.480. The van der Waals surface area contributed by atoms with Gasteiger partial charge in [-0.3, -0.25) is 4.90 Å². The van der Waals surface area contributed by atoms with Crippen molar-refractivity contribution in [3.63, 3.8) is 0 Å². The molecule has 0 spiro atoms. The molecular formula is C17H30Cl2N2O. The van der Waals surface area contributed by atoms with Gasteiger partial charge in [0.1, 0.15) is 5.75 Å². The lowest BCUT2D eigenvalue weighted by atomic mass is 9.90. The molecule has 0 aliphatic carbocycles. The Morgan fingerprint density at radius 2 is 1.86 bits per heavy atom. The van der Waals surface area contributed by atoms with E-state index in [1.54, 1.807) is 0 Å². The highest BCUT2D eigenvalue weighted by Gasteiger charge is 2.26. The molecule has 1 aromatic carbocycles. The van der Waals surface area contributed by atoms with Gasteiger partial charge in [0.2, 0.25) is 0 Å². The van der Waals surface area contributed by atoms with Crippen LogP contribution in [0.4, 0.5) is 0 Å². The number of hydrogen-bond acceptors (Lipinski definition) is 3. The number of rotatable bonds is 6. The zero-order valence-corrected chi connectivity index (χ0v) is 15.5. The van der Waals surface area contributed by atoms with Gasteiger partial charge >= 0.3 is 0 Å². The molecule has 1 aromatic rings. The number of halogens is 2.